The van der Waals surface area contributed by atoms with Gasteiger partial charge in [-0.05, 0) is 59.7 Å². The number of para-hydroxylation sites is 2. The van der Waals surface area contributed by atoms with E-state index in [4.69, 9.17) is 21.1 Å². The fourth-order valence-electron chi connectivity index (χ4n) is 5.04. The van der Waals surface area contributed by atoms with Crippen molar-refractivity contribution in [2.75, 3.05) is 50.2 Å². The van der Waals surface area contributed by atoms with Crippen molar-refractivity contribution in [2.45, 2.75) is 53.4 Å². The molecule has 4 aromatic carbocycles. The fraction of sp³-hybridized carbons (Fsp3) is 0.292. The number of aliphatic carboxylic acids is 1. The summed E-state index contributed by atoms with van der Waals surface area (Å²) in [6.07, 6.45) is 6.86. The number of hydrogen-bond acceptors (Lipinski definition) is 12. The quantitative estimate of drug-likeness (QED) is 0.0516. The van der Waals surface area contributed by atoms with E-state index in [-0.39, 0.29) is 56.3 Å². The molecule has 6 rings (SSSR count). The van der Waals surface area contributed by atoms with E-state index in [9.17, 15) is 38.4 Å². The predicted molar refractivity (Wildman–Crippen MR) is 242 cm³/mol. The number of aromatic hydroxyl groups is 1. The van der Waals surface area contributed by atoms with Gasteiger partial charge in [0.15, 0.2) is 0 Å². The highest BCUT2D eigenvalue weighted by atomic mass is 16.6. The Kier molecular flexibility index (Phi) is 26.4. The molecule has 2 aliphatic rings. The van der Waals surface area contributed by atoms with Gasteiger partial charge in [0.1, 0.15) is 39.3 Å². The minimum Gasteiger partial charge on any atom is -0.508 e. The first-order valence-corrected chi connectivity index (χ1v) is 20.5. The number of carboxylic acid groups (broad SMARTS) is 1. The highest BCUT2D eigenvalue weighted by molar-refractivity contribution is 6.01. The van der Waals surface area contributed by atoms with Crippen LogP contribution in [0.3, 0.4) is 0 Å². The number of hydrogen-bond donors (Lipinski definition) is 4. The maximum Gasteiger partial charge on any atom is 0.337 e. The van der Waals surface area contributed by atoms with Crippen LogP contribution in [0.4, 0.5) is 11.4 Å². The van der Waals surface area contributed by atoms with Crippen LogP contribution < -0.4 is 15.4 Å². The van der Waals surface area contributed by atoms with Crippen LogP contribution in [-0.4, -0.2) is 107 Å². The van der Waals surface area contributed by atoms with E-state index in [1.54, 1.807) is 103 Å². The first-order valence-electron chi connectivity index (χ1n) is 21.0. The van der Waals surface area contributed by atoms with Crippen LogP contribution in [0.5, 0.6) is 11.5 Å². The molecule has 0 unspecified atom stereocenters. The Labute approximate surface area is 380 Å². The van der Waals surface area contributed by atoms with Gasteiger partial charge >= 0.3 is 11.9 Å². The molecule has 6 amide bonds. The fourth-order valence-corrected chi connectivity index (χ4v) is 5.04. The molecule has 0 atom stereocenters. The van der Waals surface area contributed by atoms with Gasteiger partial charge in [0.2, 0.25) is 35.4 Å². The molecule has 346 valence electrons. The Balaban J connectivity index is 0.000000521. The summed E-state index contributed by atoms with van der Waals surface area (Å²) in [5, 5.41) is 22.2. The number of carboxylic acids is 1. The van der Waals surface area contributed by atoms with E-state index in [0.29, 0.717) is 48.8 Å². The predicted octanol–water partition coefficient (Wildman–Crippen LogP) is 5.27. The number of esters is 1. The van der Waals surface area contributed by atoms with Crippen molar-refractivity contribution >= 4 is 58.8 Å². The number of β-lactam (4-membered cyclic amide) rings is 2. The van der Waals surface area contributed by atoms with E-state index < -0.39 is 30.4 Å². The van der Waals surface area contributed by atoms with E-state index in [0.717, 1.165) is 11.1 Å². The Hall–Kier alpha value is -7.68. The zero-order valence-corrected chi connectivity index (χ0v) is 36.8. The van der Waals surface area contributed by atoms with Gasteiger partial charge in [0.05, 0.1) is 12.8 Å². The Morgan fingerprint density at radius 3 is 1.32 bits per heavy atom. The average Bonchev–Trinajstić information content (AvgIpc) is 3.29. The van der Waals surface area contributed by atoms with Crippen LogP contribution in [-0.2, 0) is 60.7 Å². The second-order valence-corrected chi connectivity index (χ2v) is 12.7. The summed E-state index contributed by atoms with van der Waals surface area (Å²) in [5.74, 6) is -2.68. The summed E-state index contributed by atoms with van der Waals surface area (Å²) in [4.78, 5) is 93.9. The lowest BCUT2D eigenvalue weighted by molar-refractivity contribution is -0.153. The van der Waals surface area contributed by atoms with Crippen LogP contribution >= 0.6 is 0 Å². The van der Waals surface area contributed by atoms with Crippen molar-refractivity contribution in [3.05, 3.63) is 120 Å². The Morgan fingerprint density at radius 1 is 0.615 bits per heavy atom. The number of nitrogens with zero attached hydrogens (tertiary/aromatic N) is 2. The number of benzene rings is 4. The number of likely N-dealkylation sites (tertiary alicyclic amines) is 2. The second-order valence-electron chi connectivity index (χ2n) is 12.7. The lowest BCUT2D eigenvalue weighted by atomic mass is 10.1. The molecule has 2 fully saturated rings. The Morgan fingerprint density at radius 2 is 1.00 bits per heavy atom. The number of anilines is 2. The number of carbonyl (C=O) groups is 8. The van der Waals surface area contributed by atoms with Crippen molar-refractivity contribution in [3.63, 3.8) is 0 Å². The molecule has 0 saturated carbocycles. The van der Waals surface area contributed by atoms with Crippen LogP contribution in [0.2, 0.25) is 0 Å². The van der Waals surface area contributed by atoms with E-state index in [1.165, 1.54) is 16.2 Å². The molecular formula is C48H56N4O13. The number of nitrogens with one attached hydrogen (secondary N) is 2. The molecule has 0 bridgehead atoms. The summed E-state index contributed by atoms with van der Waals surface area (Å²) >= 11 is 0. The number of carbonyl (C=O) groups excluding carboxylic acids is 7. The topological polar surface area (TPSA) is 235 Å². The molecule has 0 aromatic heterocycles. The maximum atomic E-state index is 11.9. The van der Waals surface area contributed by atoms with Crippen LogP contribution in [0.25, 0.3) is 0 Å². The smallest absolute Gasteiger partial charge is 0.337 e. The molecule has 17 nitrogen and oxygen atoms in total. The van der Waals surface area contributed by atoms with Gasteiger partial charge in [-0.3, -0.25) is 38.6 Å². The third-order valence-corrected chi connectivity index (χ3v) is 8.13. The molecule has 0 spiro atoms. The SMILES string of the molecule is CC.CC.O=C(COCC(=O)Oc1ccccc1)Nc1ccc(CC(=O)N2CCC2=O)cc1.O=C(O)COCC(=O)Nc1ccc(CC(=O)N2CCC2=O)cc1.Oc1ccccc1.[2H]C#C. The third-order valence-electron chi connectivity index (χ3n) is 8.13. The molecule has 2 saturated heterocycles. The highest BCUT2D eigenvalue weighted by Crippen LogP contribution is 2.16. The zero-order valence-electron chi connectivity index (χ0n) is 37.8. The number of ether oxygens (including phenoxy) is 3. The van der Waals surface area contributed by atoms with Gasteiger partial charge in [-0.1, -0.05) is 88.4 Å². The monoisotopic (exact) mass is 897 g/mol. The van der Waals surface area contributed by atoms with Gasteiger partial charge in [-0.2, -0.15) is 0 Å². The largest absolute Gasteiger partial charge is 0.508 e. The molecule has 4 aromatic rings. The molecule has 4 N–H and O–H groups in total. The second kappa shape index (κ2) is 32.1. The van der Waals surface area contributed by atoms with Gasteiger partial charge in [-0.25, -0.2) is 9.59 Å². The normalized spacial score (nSPS) is 11.7. The molecule has 65 heavy (non-hydrogen) atoms. The van der Waals surface area contributed by atoms with Gasteiger partial charge in [0.25, 0.3) is 0 Å². The van der Waals surface area contributed by atoms with E-state index in [1.807, 2.05) is 33.8 Å². The molecule has 17 heteroatoms. The van der Waals surface area contributed by atoms with Crippen molar-refractivity contribution in [2.24, 2.45) is 0 Å². The molecule has 2 heterocycles. The zero-order chi connectivity index (χ0) is 49.3. The van der Waals surface area contributed by atoms with Crippen LogP contribution in [0.1, 0.15) is 53.0 Å². The van der Waals surface area contributed by atoms with Crippen molar-refractivity contribution in [1.82, 2.24) is 9.80 Å². The number of phenols is 1. The minimum atomic E-state index is -1.15. The lowest BCUT2D eigenvalue weighted by Gasteiger charge is -2.28. The first kappa shape index (κ1) is 53.5. The van der Waals surface area contributed by atoms with Crippen LogP contribution in [0.15, 0.2) is 109 Å². The highest BCUT2D eigenvalue weighted by Gasteiger charge is 2.30. The van der Waals surface area contributed by atoms with E-state index >= 15 is 0 Å². The van der Waals surface area contributed by atoms with Crippen molar-refractivity contribution in [1.29, 1.82) is 0 Å². The Bertz CT molecular complexity index is 2180. The van der Waals surface area contributed by atoms with Gasteiger partial charge in [0, 0.05) is 37.3 Å². The standard InChI is InChI=1S/C21H20N2O6.C15H16N2O6.C6H6O.2C2H6.C2H2/c24-18(13-28-14-21(27)29-17-4-2-1-3-5-17)22-16-8-6-15(7-9-16)12-20(26)23-11-10-19(23)25;18-12(8-23-9-15(21)22)16-11-3-1-10(2-4-11)7-14(20)17-6-5-13(17)19;7-6-4-2-1-3-5-6;3*1-2/h1-9H,10-14H2,(H,22,24);1-4H,5-9H2,(H,16,18)(H,21,22);1-5,7H;2*1-2H3;1-2H/i;;;;;1D. The number of phenolic OH excluding ortho intramolecular Hbond substituents is 1. The molecule has 0 radical (unpaired) electrons. The summed E-state index contributed by atoms with van der Waals surface area (Å²) in [5.41, 5.74) is 2.51. The van der Waals surface area contributed by atoms with Crippen molar-refractivity contribution in [3.8, 4) is 24.3 Å². The maximum absolute atomic E-state index is 11.9. The summed E-state index contributed by atoms with van der Waals surface area (Å²) in [6, 6.07) is 30.6. The molecule has 2 aliphatic heterocycles. The number of rotatable bonds is 15. The first-order chi connectivity index (χ1) is 31.8. The molecule has 0 aliphatic carbocycles. The lowest BCUT2D eigenvalue weighted by Crippen LogP contribution is -2.48. The number of terminal acetylenes is 1. The number of amides is 6. The summed E-state index contributed by atoms with van der Waals surface area (Å²) in [7, 11) is 0. The minimum absolute atomic E-state index is 0.127. The van der Waals surface area contributed by atoms with Crippen molar-refractivity contribution < 1.29 is 64.2 Å². The number of imide groups is 2. The summed E-state index contributed by atoms with van der Waals surface area (Å²) in [6.45, 7) is 7.40. The van der Waals surface area contributed by atoms with Gasteiger partial charge in [-0.15, -0.1) is 12.8 Å². The van der Waals surface area contributed by atoms with E-state index in [2.05, 4.69) is 21.8 Å². The summed E-state index contributed by atoms with van der Waals surface area (Å²) < 4.78 is 20.5. The third kappa shape index (κ3) is 22.3. The van der Waals surface area contributed by atoms with Crippen LogP contribution in [0, 0.1) is 12.8 Å². The van der Waals surface area contributed by atoms with Gasteiger partial charge < -0.3 is 35.1 Å². The average molecular weight is 898 g/mol. The molecular weight excluding hydrogens is 841 g/mol.